The Morgan fingerprint density at radius 2 is 1.83 bits per heavy atom. The molecule has 2 aromatic carbocycles. The van der Waals surface area contributed by atoms with Crippen molar-refractivity contribution in [3.8, 4) is 11.5 Å². The summed E-state index contributed by atoms with van der Waals surface area (Å²) in [6.07, 6.45) is 1.01. The smallest absolute Gasteiger partial charge is 0.298 e. The first-order chi connectivity index (χ1) is 14.2. The van der Waals surface area contributed by atoms with E-state index in [1.54, 1.807) is 26.4 Å². The monoisotopic (exact) mass is 393 g/mol. The minimum Gasteiger partial charge on any atom is -0.496 e. The van der Waals surface area contributed by atoms with Gasteiger partial charge in [-0.25, -0.2) is 0 Å². The Morgan fingerprint density at radius 1 is 1.07 bits per heavy atom. The Bertz CT molecular complexity index is 1010. The van der Waals surface area contributed by atoms with Crippen LogP contribution in [-0.4, -0.2) is 55.7 Å². The molecule has 0 bridgehead atoms. The number of piperidine rings is 1. The molecule has 2 saturated heterocycles. The Balaban J connectivity index is 1.39. The number of fused-ring (bicyclic) bond motifs is 2. The van der Waals surface area contributed by atoms with Crippen LogP contribution in [0.15, 0.2) is 46.9 Å². The van der Waals surface area contributed by atoms with E-state index in [9.17, 15) is 4.79 Å². The lowest BCUT2D eigenvalue weighted by atomic mass is 9.82. The first kappa shape index (κ1) is 17.8. The zero-order chi connectivity index (χ0) is 20.0. The fourth-order valence-electron chi connectivity index (χ4n) is 4.40. The van der Waals surface area contributed by atoms with Gasteiger partial charge in [-0.3, -0.25) is 4.79 Å². The summed E-state index contributed by atoms with van der Waals surface area (Å²) >= 11 is 0. The molecule has 0 N–H and O–H groups in total. The van der Waals surface area contributed by atoms with Gasteiger partial charge in [0.25, 0.3) is 11.9 Å². The van der Waals surface area contributed by atoms with Crippen LogP contribution in [-0.2, 0) is 0 Å². The summed E-state index contributed by atoms with van der Waals surface area (Å²) < 4.78 is 16.8. The van der Waals surface area contributed by atoms with Gasteiger partial charge in [0, 0.05) is 25.6 Å². The van der Waals surface area contributed by atoms with Gasteiger partial charge < -0.3 is 23.7 Å². The molecule has 0 spiro atoms. The van der Waals surface area contributed by atoms with Crippen LogP contribution in [0, 0.1) is 5.92 Å². The summed E-state index contributed by atoms with van der Waals surface area (Å²) in [5.74, 6) is 1.51. The van der Waals surface area contributed by atoms with Gasteiger partial charge in [-0.15, -0.1) is 0 Å². The Morgan fingerprint density at radius 3 is 2.55 bits per heavy atom. The highest BCUT2D eigenvalue weighted by Gasteiger charge is 2.46. The standard InChI is InChI=1S/C22H23N3O4/c1-27-18-8-5-9-19(28-2)20(18)21(26)25-12-14-10-11-24(13-16(14)25)22-23-15-6-3-4-7-17(15)29-22/h3-9,14,16H,10-13H2,1-2H3. The fraction of sp³-hybridized carbons (Fsp3) is 0.364. The molecule has 3 heterocycles. The average Bonchev–Trinajstić information content (AvgIpc) is 3.18. The summed E-state index contributed by atoms with van der Waals surface area (Å²) in [6.45, 7) is 2.35. The van der Waals surface area contributed by atoms with Gasteiger partial charge in [0.15, 0.2) is 5.58 Å². The van der Waals surface area contributed by atoms with E-state index in [-0.39, 0.29) is 11.9 Å². The molecule has 0 saturated carbocycles. The molecule has 2 unspecified atom stereocenters. The summed E-state index contributed by atoms with van der Waals surface area (Å²) in [4.78, 5) is 22.0. The van der Waals surface area contributed by atoms with E-state index >= 15 is 0 Å². The largest absolute Gasteiger partial charge is 0.496 e. The third kappa shape index (κ3) is 2.88. The van der Waals surface area contributed by atoms with Gasteiger partial charge in [0.05, 0.1) is 20.3 Å². The van der Waals surface area contributed by atoms with E-state index in [0.717, 1.165) is 30.6 Å². The molecule has 0 aliphatic carbocycles. The topological polar surface area (TPSA) is 68.0 Å². The molecule has 2 fully saturated rings. The summed E-state index contributed by atoms with van der Waals surface area (Å²) in [6, 6.07) is 13.9. The van der Waals surface area contributed by atoms with Gasteiger partial charge in [0.2, 0.25) is 0 Å². The normalized spacial score (nSPS) is 20.9. The van der Waals surface area contributed by atoms with Gasteiger partial charge in [-0.05, 0) is 30.7 Å². The maximum atomic E-state index is 13.3. The van der Waals surface area contributed by atoms with Gasteiger partial charge >= 0.3 is 0 Å². The zero-order valence-electron chi connectivity index (χ0n) is 16.5. The number of para-hydroxylation sites is 2. The first-order valence-corrected chi connectivity index (χ1v) is 9.82. The Hall–Kier alpha value is -3.22. The Kier molecular flexibility index (Phi) is 4.30. The zero-order valence-corrected chi connectivity index (χ0v) is 16.5. The molecular formula is C22H23N3O4. The third-order valence-electron chi connectivity index (χ3n) is 6.01. The molecule has 2 aliphatic rings. The molecule has 1 amide bonds. The van der Waals surface area contributed by atoms with Crippen molar-refractivity contribution in [2.45, 2.75) is 12.5 Å². The van der Waals surface area contributed by atoms with Crippen LogP contribution in [0.4, 0.5) is 6.01 Å². The van der Waals surface area contributed by atoms with Crippen molar-refractivity contribution in [1.29, 1.82) is 0 Å². The summed E-state index contributed by atoms with van der Waals surface area (Å²) in [7, 11) is 3.14. The molecule has 7 nitrogen and oxygen atoms in total. The molecule has 0 radical (unpaired) electrons. The van der Waals surface area contributed by atoms with E-state index in [1.165, 1.54) is 0 Å². The van der Waals surface area contributed by atoms with E-state index in [2.05, 4.69) is 9.88 Å². The quantitative estimate of drug-likeness (QED) is 0.678. The number of aromatic nitrogens is 1. The number of oxazole rings is 1. The van der Waals surface area contributed by atoms with E-state index in [4.69, 9.17) is 13.9 Å². The van der Waals surface area contributed by atoms with Gasteiger partial charge in [-0.2, -0.15) is 4.98 Å². The minimum atomic E-state index is -0.0556. The number of nitrogens with zero attached hydrogens (tertiary/aromatic N) is 3. The number of carbonyl (C=O) groups excluding carboxylic acids is 1. The van der Waals surface area contributed by atoms with Crippen molar-refractivity contribution >= 4 is 23.0 Å². The molecule has 2 atom stereocenters. The van der Waals surface area contributed by atoms with Crippen molar-refractivity contribution in [1.82, 2.24) is 9.88 Å². The number of amides is 1. The predicted octanol–water partition coefficient (Wildman–Crippen LogP) is 3.20. The van der Waals surface area contributed by atoms with Crippen LogP contribution in [0.2, 0.25) is 0 Å². The highest BCUT2D eigenvalue weighted by atomic mass is 16.5. The number of methoxy groups -OCH3 is 2. The number of anilines is 1. The maximum absolute atomic E-state index is 13.3. The minimum absolute atomic E-state index is 0.0556. The number of likely N-dealkylation sites (tertiary alicyclic amines) is 1. The molecule has 29 heavy (non-hydrogen) atoms. The van der Waals surface area contributed by atoms with Crippen LogP contribution in [0.3, 0.4) is 0 Å². The van der Waals surface area contributed by atoms with Crippen LogP contribution in [0.5, 0.6) is 11.5 Å². The molecule has 2 aliphatic heterocycles. The van der Waals surface area contributed by atoms with Crippen LogP contribution < -0.4 is 14.4 Å². The number of rotatable bonds is 4. The number of carbonyl (C=O) groups is 1. The van der Waals surface area contributed by atoms with Crippen LogP contribution >= 0.6 is 0 Å². The second kappa shape index (κ2) is 6.99. The lowest BCUT2D eigenvalue weighted by Gasteiger charge is -2.53. The number of hydrogen-bond acceptors (Lipinski definition) is 6. The maximum Gasteiger partial charge on any atom is 0.298 e. The van der Waals surface area contributed by atoms with E-state index in [1.807, 2.05) is 35.2 Å². The highest BCUT2D eigenvalue weighted by Crippen LogP contribution is 2.38. The number of ether oxygens (including phenoxy) is 2. The van der Waals surface area contributed by atoms with Crippen molar-refractivity contribution in [2.24, 2.45) is 5.92 Å². The van der Waals surface area contributed by atoms with Crippen molar-refractivity contribution in [3.63, 3.8) is 0 Å². The van der Waals surface area contributed by atoms with Crippen molar-refractivity contribution in [3.05, 3.63) is 48.0 Å². The van der Waals surface area contributed by atoms with Crippen molar-refractivity contribution in [2.75, 3.05) is 38.8 Å². The van der Waals surface area contributed by atoms with Crippen LogP contribution in [0.25, 0.3) is 11.1 Å². The van der Waals surface area contributed by atoms with Gasteiger partial charge in [-0.1, -0.05) is 18.2 Å². The van der Waals surface area contributed by atoms with E-state index in [0.29, 0.717) is 35.5 Å². The average molecular weight is 393 g/mol. The number of hydrogen-bond donors (Lipinski definition) is 0. The third-order valence-corrected chi connectivity index (χ3v) is 6.01. The Labute approximate surface area is 168 Å². The molecule has 7 heteroatoms. The van der Waals surface area contributed by atoms with Crippen LogP contribution in [0.1, 0.15) is 16.8 Å². The molecule has 5 rings (SSSR count). The SMILES string of the molecule is COc1cccc(OC)c1C(=O)N1CC2CCN(c3nc4ccccc4o3)CC21. The molecule has 150 valence electrons. The lowest BCUT2D eigenvalue weighted by molar-refractivity contribution is 0.00680. The summed E-state index contributed by atoms with van der Waals surface area (Å²) in [5.41, 5.74) is 2.12. The molecule has 1 aromatic heterocycles. The predicted molar refractivity (Wildman–Crippen MR) is 109 cm³/mol. The molecule has 3 aromatic rings. The molecular weight excluding hydrogens is 370 g/mol. The van der Waals surface area contributed by atoms with Gasteiger partial charge in [0.1, 0.15) is 22.6 Å². The lowest BCUT2D eigenvalue weighted by Crippen LogP contribution is -2.65. The van der Waals surface area contributed by atoms with E-state index < -0.39 is 0 Å². The highest BCUT2D eigenvalue weighted by molar-refractivity contribution is 6.00. The fourth-order valence-corrected chi connectivity index (χ4v) is 4.40. The van der Waals surface area contributed by atoms with Crippen molar-refractivity contribution < 1.29 is 18.7 Å². The second-order valence-corrected chi connectivity index (χ2v) is 7.52. The first-order valence-electron chi connectivity index (χ1n) is 9.82. The summed E-state index contributed by atoms with van der Waals surface area (Å²) in [5, 5.41) is 0. The second-order valence-electron chi connectivity index (χ2n) is 7.52. The number of benzene rings is 2.